The molecular weight excluding hydrogens is 264 g/mol. The number of hydrogen-bond donors (Lipinski definition) is 0. The van der Waals surface area contributed by atoms with Gasteiger partial charge in [-0.2, -0.15) is 5.10 Å². The van der Waals surface area contributed by atoms with E-state index in [0.29, 0.717) is 6.54 Å². The molecule has 2 aromatic heterocycles. The Morgan fingerprint density at radius 2 is 2.38 bits per heavy atom. The van der Waals surface area contributed by atoms with Crippen LogP contribution in [0.4, 0.5) is 0 Å². The van der Waals surface area contributed by atoms with Crippen LogP contribution in [0, 0.1) is 0 Å². The van der Waals surface area contributed by atoms with Crippen molar-refractivity contribution in [2.45, 2.75) is 31.7 Å². The van der Waals surface area contributed by atoms with E-state index in [-0.39, 0.29) is 11.8 Å². The standard InChI is InChI=1S/C16H20N4O/c1-19(10-12-9-18-20(2)11-12)16(21)14-7-3-5-13-6-4-8-17-15(13)14/h4,6,8-9,11,14H,3,5,7,10H2,1-2H3. The predicted octanol–water partition coefficient (Wildman–Crippen LogP) is 1.89. The van der Waals surface area contributed by atoms with Crippen molar-refractivity contribution in [3.05, 3.63) is 47.5 Å². The van der Waals surface area contributed by atoms with Crippen LogP contribution in [0.15, 0.2) is 30.7 Å². The lowest BCUT2D eigenvalue weighted by molar-refractivity contribution is -0.132. The molecule has 0 aromatic carbocycles. The number of nitrogens with zero attached hydrogens (tertiary/aromatic N) is 4. The minimum atomic E-state index is -0.100. The van der Waals surface area contributed by atoms with E-state index in [1.54, 1.807) is 22.0 Å². The topological polar surface area (TPSA) is 51.0 Å². The van der Waals surface area contributed by atoms with E-state index in [9.17, 15) is 4.79 Å². The van der Waals surface area contributed by atoms with E-state index in [1.807, 2.05) is 26.4 Å². The number of likely N-dealkylation sites (N-methyl/N-ethyl adjacent to an activating group) is 1. The lowest BCUT2D eigenvalue weighted by Gasteiger charge is -2.27. The van der Waals surface area contributed by atoms with Gasteiger partial charge in [0, 0.05) is 38.6 Å². The van der Waals surface area contributed by atoms with E-state index in [4.69, 9.17) is 0 Å². The second kappa shape index (κ2) is 5.68. The highest BCUT2D eigenvalue weighted by Crippen LogP contribution is 2.31. The Bertz CT molecular complexity index is 649. The molecule has 0 saturated carbocycles. The third-order valence-electron chi connectivity index (χ3n) is 4.05. The zero-order valence-corrected chi connectivity index (χ0v) is 12.5. The van der Waals surface area contributed by atoms with Crippen molar-refractivity contribution < 1.29 is 4.79 Å². The van der Waals surface area contributed by atoms with Gasteiger partial charge in [0.15, 0.2) is 0 Å². The minimum Gasteiger partial charge on any atom is -0.341 e. The number of rotatable bonds is 3. The first-order chi connectivity index (χ1) is 10.1. The van der Waals surface area contributed by atoms with Crippen LogP contribution >= 0.6 is 0 Å². The van der Waals surface area contributed by atoms with E-state index in [2.05, 4.69) is 16.1 Å². The van der Waals surface area contributed by atoms with Crippen LogP contribution in [0.1, 0.15) is 35.6 Å². The second-order valence-electron chi connectivity index (χ2n) is 5.71. The predicted molar refractivity (Wildman–Crippen MR) is 79.6 cm³/mol. The smallest absolute Gasteiger partial charge is 0.231 e. The highest BCUT2D eigenvalue weighted by Gasteiger charge is 2.29. The van der Waals surface area contributed by atoms with Crippen LogP contribution in [-0.2, 0) is 24.8 Å². The molecular formula is C16H20N4O. The van der Waals surface area contributed by atoms with Crippen molar-refractivity contribution >= 4 is 5.91 Å². The maximum Gasteiger partial charge on any atom is 0.231 e. The summed E-state index contributed by atoms with van der Waals surface area (Å²) in [5.41, 5.74) is 3.23. The number of aryl methyl sites for hydroxylation is 2. The number of amides is 1. The first kappa shape index (κ1) is 13.8. The fourth-order valence-corrected chi connectivity index (χ4v) is 3.02. The van der Waals surface area contributed by atoms with Crippen molar-refractivity contribution in [1.29, 1.82) is 0 Å². The van der Waals surface area contributed by atoms with Gasteiger partial charge in [-0.25, -0.2) is 0 Å². The van der Waals surface area contributed by atoms with Crippen molar-refractivity contribution in [2.75, 3.05) is 7.05 Å². The number of carbonyl (C=O) groups excluding carboxylic acids is 1. The van der Waals surface area contributed by atoms with Gasteiger partial charge in [-0.1, -0.05) is 6.07 Å². The highest BCUT2D eigenvalue weighted by atomic mass is 16.2. The van der Waals surface area contributed by atoms with Crippen LogP contribution < -0.4 is 0 Å². The fourth-order valence-electron chi connectivity index (χ4n) is 3.02. The highest BCUT2D eigenvalue weighted by molar-refractivity contribution is 5.83. The normalized spacial score (nSPS) is 17.3. The number of carbonyl (C=O) groups is 1. The Hall–Kier alpha value is -2.17. The molecule has 110 valence electrons. The number of aromatic nitrogens is 3. The van der Waals surface area contributed by atoms with Gasteiger partial charge in [0.25, 0.3) is 0 Å². The molecule has 0 fully saturated rings. The van der Waals surface area contributed by atoms with E-state index >= 15 is 0 Å². The Balaban J connectivity index is 1.76. The van der Waals surface area contributed by atoms with Crippen molar-refractivity contribution in [1.82, 2.24) is 19.7 Å². The molecule has 0 spiro atoms. The third kappa shape index (κ3) is 2.82. The van der Waals surface area contributed by atoms with Gasteiger partial charge < -0.3 is 4.90 Å². The van der Waals surface area contributed by atoms with E-state index in [0.717, 1.165) is 30.5 Å². The lowest BCUT2D eigenvalue weighted by Crippen LogP contribution is -2.33. The average molecular weight is 284 g/mol. The van der Waals surface area contributed by atoms with Crippen LogP contribution in [0.5, 0.6) is 0 Å². The lowest BCUT2D eigenvalue weighted by atomic mass is 9.86. The van der Waals surface area contributed by atoms with Crippen LogP contribution in [-0.4, -0.2) is 32.6 Å². The summed E-state index contributed by atoms with van der Waals surface area (Å²) in [4.78, 5) is 19.0. The molecule has 0 N–H and O–H groups in total. The van der Waals surface area contributed by atoms with Gasteiger partial charge >= 0.3 is 0 Å². The Morgan fingerprint density at radius 3 is 3.14 bits per heavy atom. The van der Waals surface area contributed by atoms with Gasteiger partial charge in [-0.3, -0.25) is 14.5 Å². The van der Waals surface area contributed by atoms with Crippen LogP contribution in [0.2, 0.25) is 0 Å². The first-order valence-corrected chi connectivity index (χ1v) is 7.31. The summed E-state index contributed by atoms with van der Waals surface area (Å²) in [7, 11) is 3.74. The molecule has 0 radical (unpaired) electrons. The summed E-state index contributed by atoms with van der Waals surface area (Å²) < 4.78 is 1.76. The third-order valence-corrected chi connectivity index (χ3v) is 4.05. The molecule has 2 heterocycles. The first-order valence-electron chi connectivity index (χ1n) is 7.31. The summed E-state index contributed by atoms with van der Waals surface area (Å²) in [5, 5.41) is 4.14. The molecule has 1 aliphatic rings. The Kier molecular flexibility index (Phi) is 3.73. The molecule has 3 rings (SSSR count). The Morgan fingerprint density at radius 1 is 1.52 bits per heavy atom. The molecule has 1 unspecified atom stereocenters. The van der Waals surface area contributed by atoms with Crippen LogP contribution in [0.3, 0.4) is 0 Å². The molecule has 0 saturated heterocycles. The van der Waals surface area contributed by atoms with E-state index in [1.165, 1.54) is 5.56 Å². The zero-order chi connectivity index (χ0) is 14.8. The zero-order valence-electron chi connectivity index (χ0n) is 12.5. The second-order valence-corrected chi connectivity index (χ2v) is 5.71. The van der Waals surface area contributed by atoms with Crippen LogP contribution in [0.25, 0.3) is 0 Å². The SMILES string of the molecule is CN(Cc1cnn(C)c1)C(=O)C1CCCc2cccnc21. The van der Waals surface area contributed by atoms with Crippen molar-refractivity contribution in [3.63, 3.8) is 0 Å². The number of pyridine rings is 1. The number of fused-ring (bicyclic) bond motifs is 1. The van der Waals surface area contributed by atoms with E-state index < -0.39 is 0 Å². The number of hydrogen-bond acceptors (Lipinski definition) is 3. The van der Waals surface area contributed by atoms with Gasteiger partial charge in [0.2, 0.25) is 5.91 Å². The summed E-state index contributed by atoms with van der Waals surface area (Å²) >= 11 is 0. The molecule has 21 heavy (non-hydrogen) atoms. The summed E-state index contributed by atoms with van der Waals surface area (Å²) in [6, 6.07) is 4.04. The largest absolute Gasteiger partial charge is 0.341 e. The van der Waals surface area contributed by atoms with Crippen molar-refractivity contribution in [3.8, 4) is 0 Å². The molecule has 0 bridgehead atoms. The summed E-state index contributed by atoms with van der Waals surface area (Å²) in [6.07, 6.45) is 8.49. The molecule has 5 nitrogen and oxygen atoms in total. The van der Waals surface area contributed by atoms with Crippen molar-refractivity contribution in [2.24, 2.45) is 7.05 Å². The molecule has 1 aliphatic carbocycles. The minimum absolute atomic E-state index is 0.100. The van der Waals surface area contributed by atoms with Gasteiger partial charge in [-0.05, 0) is 30.9 Å². The monoisotopic (exact) mass is 284 g/mol. The Labute approximate surface area is 124 Å². The molecule has 0 aliphatic heterocycles. The van der Waals surface area contributed by atoms with Gasteiger partial charge in [-0.15, -0.1) is 0 Å². The fraction of sp³-hybridized carbons (Fsp3) is 0.438. The molecule has 2 aromatic rings. The maximum atomic E-state index is 12.7. The average Bonchev–Trinajstić information content (AvgIpc) is 2.91. The summed E-state index contributed by atoms with van der Waals surface area (Å²) in [5.74, 6) is 0.0510. The maximum absolute atomic E-state index is 12.7. The molecule has 5 heteroatoms. The molecule has 1 amide bonds. The quantitative estimate of drug-likeness (QED) is 0.865. The van der Waals surface area contributed by atoms with Gasteiger partial charge in [0.05, 0.1) is 17.8 Å². The van der Waals surface area contributed by atoms with Gasteiger partial charge in [0.1, 0.15) is 0 Å². The molecule has 1 atom stereocenters. The summed E-state index contributed by atoms with van der Waals surface area (Å²) in [6.45, 7) is 0.589.